The highest BCUT2D eigenvalue weighted by Gasteiger charge is 2.41. The van der Waals surface area contributed by atoms with Crippen molar-refractivity contribution in [3.8, 4) is 5.69 Å². The molecule has 3 heterocycles. The van der Waals surface area contributed by atoms with E-state index in [9.17, 15) is 0 Å². The van der Waals surface area contributed by atoms with Gasteiger partial charge in [0.1, 0.15) is 0 Å². The molecule has 0 radical (unpaired) electrons. The summed E-state index contributed by atoms with van der Waals surface area (Å²) in [7, 11) is 0. The molecule has 1 fully saturated rings. The molecule has 1 saturated heterocycles. The van der Waals surface area contributed by atoms with Gasteiger partial charge in [0.15, 0.2) is 5.11 Å². The van der Waals surface area contributed by atoms with Crippen LogP contribution in [0.25, 0.3) is 16.5 Å². The van der Waals surface area contributed by atoms with Crippen LogP contribution in [0.1, 0.15) is 48.6 Å². The molecule has 0 unspecified atom stereocenters. The minimum Gasteiger partial charge on any atom is -0.352 e. The van der Waals surface area contributed by atoms with E-state index in [1.54, 1.807) is 0 Å². The van der Waals surface area contributed by atoms with E-state index in [0.717, 1.165) is 17.4 Å². The third-order valence-electron chi connectivity index (χ3n) is 6.56. The second kappa shape index (κ2) is 8.64. The lowest BCUT2D eigenvalue weighted by Gasteiger charge is -2.29. The predicted molar refractivity (Wildman–Crippen MR) is 140 cm³/mol. The Labute approximate surface area is 201 Å². The van der Waals surface area contributed by atoms with Crippen molar-refractivity contribution in [2.24, 2.45) is 5.92 Å². The van der Waals surface area contributed by atoms with Crippen LogP contribution in [-0.4, -0.2) is 26.1 Å². The van der Waals surface area contributed by atoms with Crippen molar-refractivity contribution in [2.75, 3.05) is 6.54 Å². The number of nitrogens with one attached hydrogen (secondary N) is 1. The first-order valence-corrected chi connectivity index (χ1v) is 12.0. The van der Waals surface area contributed by atoms with Gasteiger partial charge in [0, 0.05) is 29.5 Å². The summed E-state index contributed by atoms with van der Waals surface area (Å²) in [4.78, 5) is 7.04. The largest absolute Gasteiger partial charge is 0.352 e. The summed E-state index contributed by atoms with van der Waals surface area (Å²) in [5.74, 6) is 0.497. The molecule has 4 aromatic rings. The molecule has 5 heteroatoms. The normalized spacial score (nSPS) is 18.3. The van der Waals surface area contributed by atoms with Crippen molar-refractivity contribution < 1.29 is 0 Å². The minimum atomic E-state index is 0.0129. The van der Waals surface area contributed by atoms with E-state index >= 15 is 0 Å². The smallest absolute Gasteiger partial charge is 0.170 e. The molecule has 2 aromatic heterocycles. The summed E-state index contributed by atoms with van der Waals surface area (Å²) in [5, 5.41) is 6.90. The lowest BCUT2D eigenvalue weighted by atomic mass is 9.96. The third kappa shape index (κ3) is 3.80. The average Bonchev–Trinajstić information content (AvgIpc) is 3.28. The van der Waals surface area contributed by atoms with Crippen LogP contribution in [0.15, 0.2) is 72.9 Å². The van der Waals surface area contributed by atoms with Crippen LogP contribution in [0, 0.1) is 19.8 Å². The molecule has 0 bridgehead atoms. The van der Waals surface area contributed by atoms with Crippen LogP contribution in [0.5, 0.6) is 0 Å². The Balaban J connectivity index is 1.67. The van der Waals surface area contributed by atoms with E-state index < -0.39 is 0 Å². The second-order valence-electron chi connectivity index (χ2n) is 9.33. The Morgan fingerprint density at radius 3 is 2.52 bits per heavy atom. The van der Waals surface area contributed by atoms with Crippen molar-refractivity contribution >= 4 is 28.1 Å². The number of aromatic nitrogens is 2. The fourth-order valence-electron chi connectivity index (χ4n) is 5.20. The van der Waals surface area contributed by atoms with Gasteiger partial charge in [-0.3, -0.25) is 4.98 Å². The van der Waals surface area contributed by atoms with Crippen molar-refractivity contribution in [3.63, 3.8) is 0 Å². The number of pyridine rings is 1. The Kier molecular flexibility index (Phi) is 5.67. The quantitative estimate of drug-likeness (QED) is 0.360. The summed E-state index contributed by atoms with van der Waals surface area (Å²) in [6.45, 7) is 9.81. The summed E-state index contributed by atoms with van der Waals surface area (Å²) in [6, 6.07) is 23.7. The van der Waals surface area contributed by atoms with Crippen LogP contribution < -0.4 is 5.32 Å². The first-order valence-electron chi connectivity index (χ1n) is 11.6. The molecule has 1 aliphatic rings. The molecule has 4 nitrogen and oxygen atoms in total. The molecule has 0 spiro atoms. The Bertz CT molecular complexity index is 1300. The highest BCUT2D eigenvalue weighted by molar-refractivity contribution is 7.80. The summed E-state index contributed by atoms with van der Waals surface area (Å²) in [6.07, 6.45) is 1.86. The standard InChI is InChI=1S/C28H30N4S/c1-18(2)17-31-27(26(30-28(31)33)24-13-7-8-15-29-24)23-16-19(3)32(20(23)4)25-14-9-11-21-10-5-6-12-22(21)25/h5-16,18,26-27H,17H2,1-4H3,(H,30,33)/t26-,27+/m0/s1. The van der Waals surface area contributed by atoms with Gasteiger partial charge in [0.05, 0.1) is 23.5 Å². The minimum absolute atomic E-state index is 0.0129. The van der Waals surface area contributed by atoms with Gasteiger partial charge in [-0.2, -0.15) is 0 Å². The molecule has 168 valence electrons. The van der Waals surface area contributed by atoms with Gasteiger partial charge in [-0.25, -0.2) is 0 Å². The number of rotatable bonds is 5. The molecule has 5 rings (SSSR count). The van der Waals surface area contributed by atoms with Gasteiger partial charge in [0.25, 0.3) is 0 Å². The number of hydrogen-bond acceptors (Lipinski definition) is 2. The van der Waals surface area contributed by atoms with E-state index in [1.807, 2.05) is 12.3 Å². The maximum absolute atomic E-state index is 5.83. The van der Waals surface area contributed by atoms with Gasteiger partial charge in [0.2, 0.25) is 0 Å². The molecule has 0 aliphatic carbocycles. The second-order valence-corrected chi connectivity index (χ2v) is 9.72. The number of nitrogens with zero attached hydrogens (tertiary/aromatic N) is 3. The SMILES string of the molecule is Cc1cc([C@@H]2[C@H](c3ccccn3)NC(=S)N2CC(C)C)c(C)n1-c1cccc2ccccc12. The topological polar surface area (TPSA) is 33.1 Å². The van der Waals surface area contributed by atoms with Crippen LogP contribution in [0.2, 0.25) is 0 Å². The Morgan fingerprint density at radius 2 is 1.76 bits per heavy atom. The molecule has 33 heavy (non-hydrogen) atoms. The maximum Gasteiger partial charge on any atom is 0.170 e. The molecule has 1 aliphatic heterocycles. The van der Waals surface area contributed by atoms with Crippen LogP contribution in [0.4, 0.5) is 0 Å². The van der Waals surface area contributed by atoms with Crippen molar-refractivity contribution in [1.29, 1.82) is 0 Å². The molecule has 0 saturated carbocycles. The van der Waals surface area contributed by atoms with Crippen LogP contribution >= 0.6 is 12.2 Å². The summed E-state index contributed by atoms with van der Waals surface area (Å²) < 4.78 is 2.39. The van der Waals surface area contributed by atoms with Crippen molar-refractivity contribution in [3.05, 3.63) is 95.6 Å². The number of thiocarbonyl (C=S) groups is 1. The number of aryl methyl sites for hydroxylation is 1. The van der Waals surface area contributed by atoms with Crippen LogP contribution in [0.3, 0.4) is 0 Å². The molecule has 2 atom stereocenters. The van der Waals surface area contributed by atoms with Gasteiger partial charge < -0.3 is 14.8 Å². The van der Waals surface area contributed by atoms with Crippen molar-refractivity contribution in [1.82, 2.24) is 19.8 Å². The van der Waals surface area contributed by atoms with E-state index in [1.165, 1.54) is 33.4 Å². The van der Waals surface area contributed by atoms with Crippen LogP contribution in [-0.2, 0) is 0 Å². The molecular formula is C28H30N4S. The summed E-state index contributed by atoms with van der Waals surface area (Å²) in [5.41, 5.74) is 6.00. The number of fused-ring (bicyclic) bond motifs is 1. The predicted octanol–water partition coefficient (Wildman–Crippen LogP) is 6.27. The third-order valence-corrected chi connectivity index (χ3v) is 6.91. The van der Waals surface area contributed by atoms with E-state index in [-0.39, 0.29) is 12.1 Å². The fraction of sp³-hybridized carbons (Fsp3) is 0.286. The van der Waals surface area contributed by atoms with Gasteiger partial charge in [-0.15, -0.1) is 0 Å². The molecule has 0 amide bonds. The fourth-order valence-corrected chi connectivity index (χ4v) is 5.51. The van der Waals surface area contributed by atoms with E-state index in [2.05, 4.69) is 108 Å². The van der Waals surface area contributed by atoms with Gasteiger partial charge >= 0.3 is 0 Å². The lowest BCUT2D eigenvalue weighted by Crippen LogP contribution is -2.33. The molecule has 2 aromatic carbocycles. The highest BCUT2D eigenvalue weighted by atomic mass is 32.1. The van der Waals surface area contributed by atoms with E-state index in [4.69, 9.17) is 12.2 Å². The molecular weight excluding hydrogens is 424 g/mol. The number of benzene rings is 2. The zero-order valence-corrected chi connectivity index (χ0v) is 20.4. The maximum atomic E-state index is 5.83. The zero-order chi connectivity index (χ0) is 23.1. The highest BCUT2D eigenvalue weighted by Crippen LogP contribution is 2.42. The van der Waals surface area contributed by atoms with Crippen molar-refractivity contribution in [2.45, 2.75) is 39.8 Å². The van der Waals surface area contributed by atoms with Gasteiger partial charge in [-0.05, 0) is 67.2 Å². The monoisotopic (exact) mass is 454 g/mol. The first kappa shape index (κ1) is 21.7. The summed E-state index contributed by atoms with van der Waals surface area (Å²) >= 11 is 5.83. The Morgan fingerprint density at radius 1 is 1.00 bits per heavy atom. The van der Waals surface area contributed by atoms with E-state index in [0.29, 0.717) is 5.92 Å². The lowest BCUT2D eigenvalue weighted by molar-refractivity contribution is 0.287. The van der Waals surface area contributed by atoms with Gasteiger partial charge in [-0.1, -0.05) is 56.3 Å². The Hall–Kier alpha value is -3.18. The first-order chi connectivity index (χ1) is 16.0. The average molecular weight is 455 g/mol. The number of hydrogen-bond donors (Lipinski definition) is 1. The zero-order valence-electron chi connectivity index (χ0n) is 19.6. The molecule has 1 N–H and O–H groups in total.